The smallest absolute Gasteiger partial charge is 0.0991 e. The lowest BCUT2D eigenvalue weighted by atomic mass is 10.2. The average Bonchev–Trinajstić information content (AvgIpc) is 2.36. The molecule has 0 amide bonds. The summed E-state index contributed by atoms with van der Waals surface area (Å²) in [7, 11) is 0. The van der Waals surface area contributed by atoms with Crippen molar-refractivity contribution in [2.24, 2.45) is 0 Å². The molecule has 0 radical (unpaired) electrons. The highest BCUT2D eigenvalue weighted by Gasteiger charge is 2.02. The molecule has 2 rings (SSSR count). The Hall–Kier alpha value is -2.18. The van der Waals surface area contributed by atoms with Crippen LogP contribution < -0.4 is 11.1 Å². The predicted molar refractivity (Wildman–Crippen MR) is 70.3 cm³/mol. The third-order valence-electron chi connectivity index (χ3n) is 2.35. The number of hydrogen-bond donors (Lipinski definition) is 2. The van der Waals surface area contributed by atoms with E-state index >= 15 is 0 Å². The number of nitrogen functional groups attached to an aromatic ring is 1. The molecule has 0 aliphatic carbocycles. The van der Waals surface area contributed by atoms with Crippen LogP contribution in [-0.2, 0) is 0 Å². The normalized spacial score (nSPS) is 9.65. The monoisotopic (exact) mass is 243 g/mol. The standard InChI is InChI=1S/C13H10ClN3/c14-11-2-1-3-12(13(11)16)17-10-6-4-9(8-15)5-7-10/h1-7,17H,16H2. The second-order valence-corrected chi connectivity index (χ2v) is 3.92. The van der Waals surface area contributed by atoms with Gasteiger partial charge in [0.05, 0.1) is 28.0 Å². The number of nitrogens with two attached hydrogens (primary N) is 1. The fourth-order valence-corrected chi connectivity index (χ4v) is 1.60. The fraction of sp³-hybridized carbons (Fsp3) is 0. The van der Waals surface area contributed by atoms with Crippen molar-refractivity contribution in [1.29, 1.82) is 5.26 Å². The second-order valence-electron chi connectivity index (χ2n) is 3.52. The summed E-state index contributed by atoms with van der Waals surface area (Å²) in [5.41, 5.74) is 8.58. The summed E-state index contributed by atoms with van der Waals surface area (Å²) in [6.45, 7) is 0. The van der Waals surface area contributed by atoms with Crippen molar-refractivity contribution in [3.05, 3.63) is 53.1 Å². The molecular formula is C13H10ClN3. The van der Waals surface area contributed by atoms with Gasteiger partial charge in [-0.3, -0.25) is 0 Å². The number of nitriles is 1. The van der Waals surface area contributed by atoms with E-state index in [-0.39, 0.29) is 0 Å². The summed E-state index contributed by atoms with van der Waals surface area (Å²) in [6.07, 6.45) is 0. The molecule has 0 aliphatic heterocycles. The van der Waals surface area contributed by atoms with Crippen molar-refractivity contribution in [2.45, 2.75) is 0 Å². The van der Waals surface area contributed by atoms with Crippen LogP contribution in [0.15, 0.2) is 42.5 Å². The molecule has 3 N–H and O–H groups in total. The zero-order chi connectivity index (χ0) is 12.3. The third kappa shape index (κ3) is 2.49. The van der Waals surface area contributed by atoms with E-state index in [9.17, 15) is 0 Å². The maximum Gasteiger partial charge on any atom is 0.0991 e. The summed E-state index contributed by atoms with van der Waals surface area (Å²) in [5.74, 6) is 0. The van der Waals surface area contributed by atoms with Gasteiger partial charge in [0, 0.05) is 5.69 Å². The summed E-state index contributed by atoms with van der Waals surface area (Å²) in [4.78, 5) is 0. The second kappa shape index (κ2) is 4.77. The number of para-hydroxylation sites is 1. The highest BCUT2D eigenvalue weighted by atomic mass is 35.5. The van der Waals surface area contributed by atoms with Crippen molar-refractivity contribution < 1.29 is 0 Å². The van der Waals surface area contributed by atoms with Crippen LogP contribution in [0.4, 0.5) is 17.1 Å². The van der Waals surface area contributed by atoms with E-state index in [0.717, 1.165) is 11.4 Å². The van der Waals surface area contributed by atoms with Crippen LogP contribution >= 0.6 is 11.6 Å². The molecule has 0 saturated carbocycles. The Labute approximate surface area is 104 Å². The highest BCUT2D eigenvalue weighted by Crippen LogP contribution is 2.29. The topological polar surface area (TPSA) is 61.8 Å². The molecule has 0 heterocycles. The lowest BCUT2D eigenvalue weighted by Crippen LogP contribution is -1.96. The molecule has 84 valence electrons. The molecule has 0 fully saturated rings. The first-order valence-electron chi connectivity index (χ1n) is 5.02. The molecule has 0 atom stereocenters. The Morgan fingerprint density at radius 3 is 2.47 bits per heavy atom. The molecule has 0 spiro atoms. The Bertz CT molecular complexity index is 570. The zero-order valence-corrected chi connectivity index (χ0v) is 9.70. The van der Waals surface area contributed by atoms with Gasteiger partial charge in [-0.2, -0.15) is 5.26 Å². The molecule has 0 bridgehead atoms. The van der Waals surface area contributed by atoms with Gasteiger partial charge in [-0.25, -0.2) is 0 Å². The molecule has 3 nitrogen and oxygen atoms in total. The van der Waals surface area contributed by atoms with E-state index in [0.29, 0.717) is 16.3 Å². The van der Waals surface area contributed by atoms with Crippen LogP contribution in [0.3, 0.4) is 0 Å². The maximum absolute atomic E-state index is 8.69. The van der Waals surface area contributed by atoms with E-state index < -0.39 is 0 Å². The Morgan fingerprint density at radius 1 is 1.12 bits per heavy atom. The minimum absolute atomic E-state index is 0.513. The van der Waals surface area contributed by atoms with E-state index in [4.69, 9.17) is 22.6 Å². The molecular weight excluding hydrogens is 234 g/mol. The van der Waals surface area contributed by atoms with Crippen LogP contribution in [0.2, 0.25) is 5.02 Å². The van der Waals surface area contributed by atoms with E-state index in [2.05, 4.69) is 11.4 Å². The van der Waals surface area contributed by atoms with Crippen LogP contribution in [0.1, 0.15) is 5.56 Å². The molecule has 0 aromatic heterocycles. The lowest BCUT2D eigenvalue weighted by Gasteiger charge is -2.10. The first kappa shape index (κ1) is 11.3. The number of benzene rings is 2. The van der Waals surface area contributed by atoms with E-state index in [1.54, 1.807) is 18.2 Å². The van der Waals surface area contributed by atoms with Gasteiger partial charge in [0.25, 0.3) is 0 Å². The van der Waals surface area contributed by atoms with Gasteiger partial charge in [0.15, 0.2) is 0 Å². The number of nitrogens with zero attached hydrogens (tertiary/aromatic N) is 1. The van der Waals surface area contributed by atoms with Gasteiger partial charge in [-0.05, 0) is 36.4 Å². The lowest BCUT2D eigenvalue weighted by molar-refractivity contribution is 1.47. The fourth-order valence-electron chi connectivity index (χ4n) is 1.43. The number of anilines is 3. The summed E-state index contributed by atoms with van der Waals surface area (Å²) < 4.78 is 0. The summed E-state index contributed by atoms with van der Waals surface area (Å²) in [5, 5.41) is 12.4. The van der Waals surface area contributed by atoms with Gasteiger partial charge in [-0.1, -0.05) is 17.7 Å². The zero-order valence-electron chi connectivity index (χ0n) is 8.94. The van der Waals surface area contributed by atoms with E-state index in [1.807, 2.05) is 24.3 Å². The minimum Gasteiger partial charge on any atom is -0.396 e. The van der Waals surface area contributed by atoms with Gasteiger partial charge in [0.2, 0.25) is 0 Å². The molecule has 4 heteroatoms. The molecule has 2 aromatic rings. The van der Waals surface area contributed by atoms with Crippen LogP contribution in [0.5, 0.6) is 0 Å². The number of nitrogens with one attached hydrogen (secondary N) is 1. The predicted octanol–water partition coefficient (Wildman–Crippen LogP) is 3.54. The van der Waals surface area contributed by atoms with Crippen molar-refractivity contribution >= 4 is 28.7 Å². The third-order valence-corrected chi connectivity index (χ3v) is 2.68. The van der Waals surface area contributed by atoms with E-state index in [1.165, 1.54) is 0 Å². The van der Waals surface area contributed by atoms with Gasteiger partial charge < -0.3 is 11.1 Å². The van der Waals surface area contributed by atoms with Crippen LogP contribution in [0.25, 0.3) is 0 Å². The van der Waals surface area contributed by atoms with Gasteiger partial charge in [0.1, 0.15) is 0 Å². The van der Waals surface area contributed by atoms with Crippen LogP contribution in [0, 0.1) is 11.3 Å². The Morgan fingerprint density at radius 2 is 1.82 bits per heavy atom. The quantitative estimate of drug-likeness (QED) is 0.793. The van der Waals surface area contributed by atoms with Gasteiger partial charge >= 0.3 is 0 Å². The number of hydrogen-bond acceptors (Lipinski definition) is 3. The molecule has 2 aromatic carbocycles. The number of rotatable bonds is 2. The molecule has 0 saturated heterocycles. The van der Waals surface area contributed by atoms with Crippen molar-refractivity contribution in [1.82, 2.24) is 0 Å². The van der Waals surface area contributed by atoms with Crippen molar-refractivity contribution in [3.63, 3.8) is 0 Å². The Kier molecular flexibility index (Phi) is 3.17. The Balaban J connectivity index is 2.26. The SMILES string of the molecule is N#Cc1ccc(Nc2cccc(Cl)c2N)cc1. The van der Waals surface area contributed by atoms with Gasteiger partial charge in [-0.15, -0.1) is 0 Å². The highest BCUT2D eigenvalue weighted by molar-refractivity contribution is 6.33. The maximum atomic E-state index is 8.69. The van der Waals surface area contributed by atoms with Crippen molar-refractivity contribution in [3.8, 4) is 6.07 Å². The summed E-state index contributed by atoms with van der Waals surface area (Å²) in [6, 6.07) is 14.6. The first-order chi connectivity index (χ1) is 8.20. The number of halogens is 1. The molecule has 0 aliphatic rings. The first-order valence-corrected chi connectivity index (χ1v) is 5.39. The van der Waals surface area contributed by atoms with Crippen LogP contribution in [-0.4, -0.2) is 0 Å². The largest absolute Gasteiger partial charge is 0.396 e. The van der Waals surface area contributed by atoms with Crippen molar-refractivity contribution in [2.75, 3.05) is 11.1 Å². The summed E-state index contributed by atoms with van der Waals surface area (Å²) >= 11 is 5.92. The average molecular weight is 244 g/mol. The molecule has 17 heavy (non-hydrogen) atoms. The molecule has 0 unspecified atom stereocenters. The minimum atomic E-state index is 0.513.